The van der Waals surface area contributed by atoms with Crippen molar-refractivity contribution in [3.63, 3.8) is 0 Å². The third kappa shape index (κ3) is 2.35. The molecule has 0 amide bonds. The van der Waals surface area contributed by atoms with Crippen LogP contribution in [0, 0.1) is 6.92 Å². The molecule has 2 heterocycles. The number of nitrogens with zero attached hydrogens (tertiary/aromatic N) is 2. The molecule has 2 aromatic heterocycles. The zero-order valence-corrected chi connectivity index (χ0v) is 11.2. The molecule has 1 unspecified atom stereocenters. The van der Waals surface area contributed by atoms with Gasteiger partial charge in [-0.05, 0) is 18.6 Å². The minimum Gasteiger partial charge on any atom is -0.394 e. The van der Waals surface area contributed by atoms with Gasteiger partial charge in [0.25, 0.3) is 0 Å². The van der Waals surface area contributed by atoms with Gasteiger partial charge >= 0.3 is 0 Å². The van der Waals surface area contributed by atoms with E-state index in [1.165, 1.54) is 6.33 Å². The summed E-state index contributed by atoms with van der Waals surface area (Å²) in [4.78, 5) is 11.7. The van der Waals surface area contributed by atoms with Gasteiger partial charge in [-0.2, -0.15) is 0 Å². The second-order valence-corrected chi connectivity index (χ2v) is 4.73. The summed E-state index contributed by atoms with van der Waals surface area (Å²) in [6, 6.07) is 11.6. The second kappa shape index (κ2) is 5.30. The van der Waals surface area contributed by atoms with Crippen molar-refractivity contribution in [2.45, 2.75) is 13.0 Å². The summed E-state index contributed by atoms with van der Waals surface area (Å²) in [6.07, 6.45) is 1.51. The Morgan fingerprint density at radius 3 is 2.80 bits per heavy atom. The first kappa shape index (κ1) is 12.6. The third-order valence-electron chi connectivity index (χ3n) is 3.26. The lowest BCUT2D eigenvalue weighted by Crippen LogP contribution is -2.15. The van der Waals surface area contributed by atoms with Crippen LogP contribution < -0.4 is 5.32 Å². The lowest BCUT2D eigenvalue weighted by atomic mass is 10.1. The molecule has 0 aliphatic heterocycles. The first-order valence-electron chi connectivity index (χ1n) is 6.50. The van der Waals surface area contributed by atoms with E-state index in [1.807, 2.05) is 43.3 Å². The Kier molecular flexibility index (Phi) is 3.35. The molecule has 5 nitrogen and oxygen atoms in total. The molecule has 3 rings (SSSR count). The highest BCUT2D eigenvalue weighted by Gasteiger charge is 2.13. The number of hydrogen-bond donors (Lipinski definition) is 3. The first-order chi connectivity index (χ1) is 9.78. The number of aromatic nitrogens is 3. The maximum atomic E-state index is 9.60. The normalized spacial score (nSPS) is 12.5. The molecule has 1 aromatic carbocycles. The van der Waals surface area contributed by atoms with Crippen LogP contribution in [-0.2, 0) is 0 Å². The summed E-state index contributed by atoms with van der Waals surface area (Å²) < 4.78 is 0. The average molecular weight is 268 g/mol. The number of anilines is 1. The Balaban J connectivity index is 1.95. The van der Waals surface area contributed by atoms with Crippen LogP contribution in [0.2, 0.25) is 0 Å². The number of fused-ring (bicyclic) bond motifs is 1. The first-order valence-corrected chi connectivity index (χ1v) is 6.50. The molecule has 0 bridgehead atoms. The van der Waals surface area contributed by atoms with Gasteiger partial charge in [0.2, 0.25) is 0 Å². The van der Waals surface area contributed by atoms with Gasteiger partial charge in [0.15, 0.2) is 0 Å². The van der Waals surface area contributed by atoms with Crippen LogP contribution in [0.3, 0.4) is 0 Å². The van der Waals surface area contributed by atoms with Crippen molar-refractivity contribution in [1.82, 2.24) is 15.0 Å². The molecule has 0 radical (unpaired) electrons. The van der Waals surface area contributed by atoms with E-state index in [-0.39, 0.29) is 12.6 Å². The van der Waals surface area contributed by atoms with Gasteiger partial charge in [-0.15, -0.1) is 0 Å². The van der Waals surface area contributed by atoms with Gasteiger partial charge in [-0.1, -0.05) is 30.3 Å². The Bertz CT molecular complexity index is 708. The van der Waals surface area contributed by atoms with E-state index in [4.69, 9.17) is 0 Å². The van der Waals surface area contributed by atoms with E-state index >= 15 is 0 Å². The van der Waals surface area contributed by atoms with E-state index in [1.54, 1.807) is 0 Å². The van der Waals surface area contributed by atoms with E-state index in [2.05, 4.69) is 20.3 Å². The molecule has 0 saturated heterocycles. The highest BCUT2D eigenvalue weighted by molar-refractivity contribution is 5.87. The molecule has 3 aromatic rings. The number of aliphatic hydroxyl groups is 1. The number of nitrogens with one attached hydrogen (secondary N) is 2. The maximum Gasteiger partial charge on any atom is 0.143 e. The molecule has 20 heavy (non-hydrogen) atoms. The predicted octanol–water partition coefficient (Wildman–Crippen LogP) is 2.41. The average Bonchev–Trinajstić information content (AvgIpc) is 2.86. The summed E-state index contributed by atoms with van der Waals surface area (Å²) in [5.41, 5.74) is 2.85. The number of aromatic amines is 1. The topological polar surface area (TPSA) is 73.8 Å². The SMILES string of the molecule is Cc1cc2c(NC(CO)c3ccccc3)ncnc2[nH]1. The molecule has 3 N–H and O–H groups in total. The zero-order chi connectivity index (χ0) is 13.9. The predicted molar refractivity (Wildman–Crippen MR) is 78.5 cm³/mol. The summed E-state index contributed by atoms with van der Waals surface area (Å²) in [7, 11) is 0. The van der Waals surface area contributed by atoms with Crippen molar-refractivity contribution >= 4 is 16.9 Å². The van der Waals surface area contributed by atoms with Gasteiger partial charge in [0.1, 0.15) is 17.8 Å². The molecular weight excluding hydrogens is 252 g/mol. The molecule has 0 fully saturated rings. The van der Waals surface area contributed by atoms with E-state index in [0.29, 0.717) is 0 Å². The highest BCUT2D eigenvalue weighted by atomic mass is 16.3. The van der Waals surface area contributed by atoms with Crippen molar-refractivity contribution in [3.05, 3.63) is 54.0 Å². The van der Waals surface area contributed by atoms with Crippen LogP contribution in [0.25, 0.3) is 11.0 Å². The van der Waals surface area contributed by atoms with Crippen molar-refractivity contribution < 1.29 is 5.11 Å². The highest BCUT2D eigenvalue weighted by Crippen LogP contribution is 2.24. The molecule has 5 heteroatoms. The Labute approximate surface area is 116 Å². The zero-order valence-electron chi connectivity index (χ0n) is 11.2. The Hall–Kier alpha value is -2.40. The molecule has 0 aliphatic rings. The number of H-pyrrole nitrogens is 1. The lowest BCUT2D eigenvalue weighted by molar-refractivity contribution is 0.276. The van der Waals surface area contributed by atoms with Crippen LogP contribution in [0.15, 0.2) is 42.7 Å². The van der Waals surface area contributed by atoms with Gasteiger partial charge < -0.3 is 15.4 Å². The minimum absolute atomic E-state index is 0.00108. The Morgan fingerprint density at radius 2 is 2.05 bits per heavy atom. The molecule has 0 spiro atoms. The number of rotatable bonds is 4. The van der Waals surface area contributed by atoms with Crippen LogP contribution in [0.5, 0.6) is 0 Å². The fourth-order valence-electron chi connectivity index (χ4n) is 2.27. The van der Waals surface area contributed by atoms with Gasteiger partial charge in [-0.3, -0.25) is 0 Å². The van der Waals surface area contributed by atoms with E-state index in [0.717, 1.165) is 28.1 Å². The van der Waals surface area contributed by atoms with Gasteiger partial charge in [0.05, 0.1) is 18.0 Å². The third-order valence-corrected chi connectivity index (χ3v) is 3.26. The standard InChI is InChI=1S/C15H16N4O/c1-10-7-12-14(18-10)16-9-17-15(12)19-13(8-20)11-5-3-2-4-6-11/h2-7,9,13,20H,8H2,1H3,(H2,16,17,18,19). The molecule has 102 valence electrons. The summed E-state index contributed by atoms with van der Waals surface area (Å²) >= 11 is 0. The van der Waals surface area contributed by atoms with Crippen molar-refractivity contribution in [2.24, 2.45) is 0 Å². The molecule has 0 saturated carbocycles. The number of aryl methyl sites for hydroxylation is 1. The van der Waals surface area contributed by atoms with Gasteiger partial charge in [0, 0.05) is 5.69 Å². The Morgan fingerprint density at radius 1 is 1.25 bits per heavy atom. The second-order valence-electron chi connectivity index (χ2n) is 4.73. The smallest absolute Gasteiger partial charge is 0.143 e. The van der Waals surface area contributed by atoms with E-state index in [9.17, 15) is 5.11 Å². The van der Waals surface area contributed by atoms with Crippen LogP contribution in [0.4, 0.5) is 5.82 Å². The minimum atomic E-state index is -0.190. The number of aliphatic hydroxyl groups excluding tert-OH is 1. The fraction of sp³-hybridized carbons (Fsp3) is 0.200. The van der Waals surface area contributed by atoms with Crippen molar-refractivity contribution in [2.75, 3.05) is 11.9 Å². The molecule has 0 aliphatic carbocycles. The largest absolute Gasteiger partial charge is 0.394 e. The van der Waals surface area contributed by atoms with Crippen LogP contribution in [-0.4, -0.2) is 26.7 Å². The van der Waals surface area contributed by atoms with Crippen LogP contribution >= 0.6 is 0 Å². The molecular formula is C15H16N4O. The van der Waals surface area contributed by atoms with Gasteiger partial charge in [-0.25, -0.2) is 9.97 Å². The van der Waals surface area contributed by atoms with Crippen LogP contribution in [0.1, 0.15) is 17.3 Å². The summed E-state index contributed by atoms with van der Waals surface area (Å²) in [5.74, 6) is 0.724. The molecule has 1 atom stereocenters. The van der Waals surface area contributed by atoms with Crippen molar-refractivity contribution in [3.8, 4) is 0 Å². The lowest BCUT2D eigenvalue weighted by Gasteiger charge is -2.17. The quantitative estimate of drug-likeness (QED) is 0.679. The van der Waals surface area contributed by atoms with E-state index < -0.39 is 0 Å². The van der Waals surface area contributed by atoms with Crippen molar-refractivity contribution in [1.29, 1.82) is 0 Å². The monoisotopic (exact) mass is 268 g/mol. The maximum absolute atomic E-state index is 9.60. The fourth-order valence-corrected chi connectivity index (χ4v) is 2.27. The number of hydrogen-bond acceptors (Lipinski definition) is 4. The summed E-state index contributed by atoms with van der Waals surface area (Å²) in [5, 5.41) is 13.8. The number of benzene rings is 1. The summed E-state index contributed by atoms with van der Waals surface area (Å²) in [6.45, 7) is 1.98.